The summed E-state index contributed by atoms with van der Waals surface area (Å²) in [5.41, 5.74) is 3.39. The van der Waals surface area contributed by atoms with E-state index in [0.29, 0.717) is 30.3 Å². The predicted octanol–water partition coefficient (Wildman–Crippen LogP) is 7.96. The zero-order valence-corrected chi connectivity index (χ0v) is 25.8. The van der Waals surface area contributed by atoms with Gasteiger partial charge in [0, 0.05) is 44.2 Å². The van der Waals surface area contributed by atoms with Crippen LogP contribution in [0.4, 0.5) is 0 Å². The third kappa shape index (κ3) is 7.12. The molecule has 0 amide bonds. The lowest BCUT2D eigenvalue weighted by atomic mass is 9.87. The van der Waals surface area contributed by atoms with Gasteiger partial charge in [0.1, 0.15) is 18.1 Å². The van der Waals surface area contributed by atoms with E-state index in [1.54, 1.807) is 25.1 Å². The fourth-order valence-corrected chi connectivity index (χ4v) is 5.85. The molecular weight excluding hydrogens is 544 g/mol. The van der Waals surface area contributed by atoms with Gasteiger partial charge in [0.2, 0.25) is 0 Å². The molecule has 0 unspecified atom stereocenters. The van der Waals surface area contributed by atoms with E-state index < -0.39 is 5.41 Å². The van der Waals surface area contributed by atoms with E-state index in [9.17, 15) is 4.79 Å². The molecular formula is C32H37ClN2O4S. The highest BCUT2D eigenvalue weighted by molar-refractivity contribution is 8.00. The van der Waals surface area contributed by atoms with E-state index in [-0.39, 0.29) is 10.7 Å². The molecule has 0 bridgehead atoms. The minimum Gasteiger partial charge on any atom is -0.495 e. The van der Waals surface area contributed by atoms with E-state index >= 15 is 0 Å². The number of carbonyl (C=O) groups is 1. The summed E-state index contributed by atoms with van der Waals surface area (Å²) < 4.78 is 18.8. The molecule has 0 saturated heterocycles. The van der Waals surface area contributed by atoms with Gasteiger partial charge in [-0.3, -0.25) is 9.78 Å². The first-order chi connectivity index (χ1) is 18.9. The van der Waals surface area contributed by atoms with E-state index in [2.05, 4.69) is 42.5 Å². The van der Waals surface area contributed by atoms with Crippen molar-refractivity contribution in [3.8, 4) is 11.5 Å². The summed E-state index contributed by atoms with van der Waals surface area (Å²) in [5, 5.41) is 1.79. The number of carbonyl (C=O) groups excluding carboxylic acids is 1. The second-order valence-corrected chi connectivity index (χ2v) is 13.7. The minimum absolute atomic E-state index is 0.0621. The Morgan fingerprint density at radius 3 is 2.27 bits per heavy atom. The van der Waals surface area contributed by atoms with Crippen LogP contribution < -0.4 is 9.47 Å². The number of aromatic nitrogens is 2. The van der Waals surface area contributed by atoms with E-state index in [0.717, 1.165) is 38.5 Å². The zero-order valence-electron chi connectivity index (χ0n) is 24.2. The Morgan fingerprint density at radius 1 is 0.975 bits per heavy atom. The maximum absolute atomic E-state index is 12.8. The highest BCUT2D eigenvalue weighted by Crippen LogP contribution is 2.44. The van der Waals surface area contributed by atoms with Crippen LogP contribution in [0, 0.1) is 5.41 Å². The van der Waals surface area contributed by atoms with Crippen molar-refractivity contribution in [1.29, 1.82) is 0 Å². The molecule has 212 valence electrons. The fourth-order valence-electron chi connectivity index (χ4n) is 4.54. The fraction of sp³-hybridized carbons (Fsp3) is 0.375. The molecule has 2 heterocycles. The van der Waals surface area contributed by atoms with Crippen LogP contribution in [0.1, 0.15) is 51.6 Å². The Labute approximate surface area is 246 Å². The van der Waals surface area contributed by atoms with Gasteiger partial charge < -0.3 is 18.8 Å². The molecule has 2 aromatic heterocycles. The molecule has 6 nitrogen and oxygen atoms in total. The standard InChI is InChI=1S/C32H37ClN2O4S/c1-31(2,3)40-29-26-16-24(39-20-23-12-13-25(37-6)18-34-23)14-15-27(26)35(19-21-8-10-22(33)11-9-21)28(29)17-32(4,5)30(36)38-7/h8-16,18H,17,19-20H2,1-7H3. The molecule has 0 fully saturated rings. The van der Waals surface area contributed by atoms with Crippen molar-refractivity contribution in [2.75, 3.05) is 14.2 Å². The first-order valence-electron chi connectivity index (χ1n) is 13.2. The van der Waals surface area contributed by atoms with Crippen molar-refractivity contribution < 1.29 is 19.0 Å². The van der Waals surface area contributed by atoms with E-state index in [4.69, 9.17) is 25.8 Å². The van der Waals surface area contributed by atoms with Crippen molar-refractivity contribution in [3.05, 3.63) is 82.8 Å². The SMILES string of the molecule is COC(=O)C(C)(C)Cc1c(SC(C)(C)C)c2cc(OCc3ccc(OC)cn3)ccc2n1Cc1ccc(Cl)cc1. The first kappa shape index (κ1) is 29.8. The smallest absolute Gasteiger partial charge is 0.311 e. The molecule has 0 N–H and O–H groups in total. The molecule has 0 radical (unpaired) electrons. The van der Waals surface area contributed by atoms with Crippen LogP contribution >= 0.6 is 23.4 Å². The Hall–Kier alpha value is -3.16. The van der Waals surface area contributed by atoms with Gasteiger partial charge >= 0.3 is 5.97 Å². The molecule has 0 aliphatic rings. The minimum atomic E-state index is -0.715. The number of methoxy groups -OCH3 is 2. The zero-order chi connectivity index (χ0) is 29.1. The van der Waals surface area contributed by atoms with Gasteiger partial charge in [-0.2, -0.15) is 0 Å². The first-order valence-corrected chi connectivity index (χ1v) is 14.4. The van der Waals surface area contributed by atoms with Crippen LogP contribution in [0.5, 0.6) is 11.5 Å². The lowest BCUT2D eigenvalue weighted by Crippen LogP contribution is -2.29. The second-order valence-electron chi connectivity index (χ2n) is 11.4. The molecule has 0 aliphatic carbocycles. The van der Waals surface area contributed by atoms with Gasteiger partial charge in [-0.15, -0.1) is 11.8 Å². The van der Waals surface area contributed by atoms with Crippen LogP contribution in [0.15, 0.2) is 65.7 Å². The molecule has 0 aliphatic heterocycles. The third-order valence-electron chi connectivity index (χ3n) is 6.52. The number of esters is 1. The molecule has 4 aromatic rings. The monoisotopic (exact) mass is 580 g/mol. The number of fused-ring (bicyclic) bond motifs is 1. The van der Waals surface area contributed by atoms with Crippen LogP contribution in [0.25, 0.3) is 10.9 Å². The summed E-state index contributed by atoms with van der Waals surface area (Å²) >= 11 is 7.98. The number of thioether (sulfide) groups is 1. The molecule has 4 rings (SSSR count). The Balaban J connectivity index is 1.82. The van der Waals surface area contributed by atoms with Gasteiger partial charge in [0.05, 0.1) is 31.5 Å². The topological polar surface area (TPSA) is 62.6 Å². The maximum atomic E-state index is 12.8. The Kier molecular flexibility index (Phi) is 9.06. The molecule has 8 heteroatoms. The molecule has 0 atom stereocenters. The van der Waals surface area contributed by atoms with Crippen molar-refractivity contribution in [3.63, 3.8) is 0 Å². The average Bonchev–Trinajstić information content (AvgIpc) is 3.17. The highest BCUT2D eigenvalue weighted by atomic mass is 35.5. The summed E-state index contributed by atoms with van der Waals surface area (Å²) in [6, 6.07) is 17.9. The summed E-state index contributed by atoms with van der Waals surface area (Å²) in [5.74, 6) is 1.22. The number of hydrogen-bond acceptors (Lipinski definition) is 6. The van der Waals surface area contributed by atoms with Crippen molar-refractivity contribution in [2.24, 2.45) is 5.41 Å². The number of pyridine rings is 1. The summed E-state index contributed by atoms with van der Waals surface area (Å²) in [4.78, 5) is 18.3. The quantitative estimate of drug-likeness (QED) is 0.140. The normalized spacial score (nSPS) is 12.0. The van der Waals surface area contributed by atoms with Gasteiger partial charge in [-0.05, 0) is 61.9 Å². The van der Waals surface area contributed by atoms with Crippen molar-refractivity contribution in [1.82, 2.24) is 9.55 Å². The number of ether oxygens (including phenoxy) is 3. The van der Waals surface area contributed by atoms with E-state index in [1.165, 1.54) is 7.11 Å². The summed E-state index contributed by atoms with van der Waals surface area (Å²) in [6.45, 7) is 11.4. The molecule has 2 aromatic carbocycles. The van der Waals surface area contributed by atoms with E-state index in [1.807, 2.05) is 56.3 Å². The van der Waals surface area contributed by atoms with Crippen LogP contribution in [-0.2, 0) is 29.1 Å². The number of benzene rings is 2. The summed E-state index contributed by atoms with van der Waals surface area (Å²) in [7, 11) is 3.06. The van der Waals surface area contributed by atoms with Crippen LogP contribution in [-0.4, -0.2) is 34.5 Å². The average molecular weight is 581 g/mol. The lowest BCUT2D eigenvalue weighted by Gasteiger charge is -2.25. The van der Waals surface area contributed by atoms with Gasteiger partial charge in [0.25, 0.3) is 0 Å². The molecule has 0 saturated carbocycles. The number of halogens is 1. The third-order valence-corrected chi connectivity index (χ3v) is 8.04. The van der Waals surface area contributed by atoms with Gasteiger partial charge in [0.15, 0.2) is 0 Å². The highest BCUT2D eigenvalue weighted by Gasteiger charge is 2.33. The molecule has 40 heavy (non-hydrogen) atoms. The van der Waals surface area contributed by atoms with Gasteiger partial charge in [-0.25, -0.2) is 0 Å². The van der Waals surface area contributed by atoms with Crippen molar-refractivity contribution in [2.45, 2.75) is 63.8 Å². The van der Waals surface area contributed by atoms with Crippen LogP contribution in [0.3, 0.4) is 0 Å². The Morgan fingerprint density at radius 2 is 1.68 bits per heavy atom. The van der Waals surface area contributed by atoms with Crippen molar-refractivity contribution >= 4 is 40.2 Å². The Bertz CT molecular complexity index is 1470. The largest absolute Gasteiger partial charge is 0.495 e. The number of rotatable bonds is 10. The predicted molar refractivity (Wildman–Crippen MR) is 163 cm³/mol. The molecule has 0 spiro atoms. The maximum Gasteiger partial charge on any atom is 0.311 e. The van der Waals surface area contributed by atoms with Crippen LogP contribution in [0.2, 0.25) is 5.02 Å². The number of hydrogen-bond donors (Lipinski definition) is 0. The number of nitrogens with zero attached hydrogens (tertiary/aromatic N) is 2. The second kappa shape index (κ2) is 12.1. The summed E-state index contributed by atoms with van der Waals surface area (Å²) in [6.07, 6.45) is 2.21. The lowest BCUT2D eigenvalue weighted by molar-refractivity contribution is -0.150. The van der Waals surface area contributed by atoms with Gasteiger partial charge in [-0.1, -0.05) is 44.5 Å².